The van der Waals surface area contributed by atoms with Gasteiger partial charge in [0.2, 0.25) is 0 Å². The van der Waals surface area contributed by atoms with Crippen molar-refractivity contribution >= 4 is 11.9 Å². The van der Waals surface area contributed by atoms with Crippen LogP contribution >= 0.6 is 0 Å². The number of hydrogen-bond donors (Lipinski definition) is 1. The van der Waals surface area contributed by atoms with Gasteiger partial charge in [-0.15, -0.1) is 0 Å². The van der Waals surface area contributed by atoms with Gasteiger partial charge < -0.3 is 14.7 Å². The second-order valence-electron chi connectivity index (χ2n) is 6.35. The predicted molar refractivity (Wildman–Crippen MR) is 94.7 cm³/mol. The Morgan fingerprint density at radius 1 is 1.15 bits per heavy atom. The minimum Gasteiger partial charge on any atom is -0.497 e. The number of benzene rings is 2. The third-order valence-corrected chi connectivity index (χ3v) is 4.68. The number of carbonyl (C=O) groups excluding carboxylic acids is 1. The van der Waals surface area contributed by atoms with Crippen LogP contribution in [0, 0.1) is 11.7 Å². The highest BCUT2D eigenvalue weighted by molar-refractivity contribution is 5.95. The van der Waals surface area contributed by atoms with E-state index < -0.39 is 23.6 Å². The molecule has 0 saturated carbocycles. The van der Waals surface area contributed by atoms with Crippen molar-refractivity contribution in [1.29, 1.82) is 0 Å². The van der Waals surface area contributed by atoms with E-state index in [0.717, 1.165) is 5.56 Å². The molecule has 1 amide bonds. The van der Waals surface area contributed by atoms with Crippen molar-refractivity contribution < 1.29 is 23.8 Å². The van der Waals surface area contributed by atoms with Gasteiger partial charge >= 0.3 is 5.97 Å². The van der Waals surface area contributed by atoms with E-state index in [0.29, 0.717) is 30.7 Å². The second-order valence-corrected chi connectivity index (χ2v) is 6.35. The van der Waals surface area contributed by atoms with E-state index >= 15 is 0 Å². The molecule has 1 heterocycles. The lowest BCUT2D eigenvalue weighted by atomic mass is 9.97. The second kappa shape index (κ2) is 7.56. The maximum absolute atomic E-state index is 14.6. The largest absolute Gasteiger partial charge is 0.497 e. The van der Waals surface area contributed by atoms with Crippen LogP contribution in [-0.2, 0) is 4.79 Å². The number of amides is 1. The van der Waals surface area contributed by atoms with Crippen molar-refractivity contribution in [2.75, 3.05) is 20.2 Å². The molecule has 1 saturated heterocycles. The van der Waals surface area contributed by atoms with Crippen LogP contribution in [-0.4, -0.2) is 42.1 Å². The Balaban J connectivity index is 1.80. The number of hydrogen-bond acceptors (Lipinski definition) is 3. The molecule has 0 radical (unpaired) electrons. The maximum atomic E-state index is 14.6. The lowest BCUT2D eigenvalue weighted by Gasteiger charge is -2.30. The van der Waals surface area contributed by atoms with Gasteiger partial charge in [-0.1, -0.05) is 18.2 Å². The Morgan fingerprint density at radius 2 is 1.85 bits per heavy atom. The highest BCUT2D eigenvalue weighted by Crippen LogP contribution is 2.26. The van der Waals surface area contributed by atoms with Crippen molar-refractivity contribution in [1.82, 2.24) is 4.90 Å². The van der Waals surface area contributed by atoms with Gasteiger partial charge in [-0.3, -0.25) is 9.59 Å². The number of carboxylic acids is 1. The van der Waals surface area contributed by atoms with Crippen LogP contribution in [0.25, 0.3) is 11.1 Å². The predicted octanol–water partition coefficient (Wildman–Crippen LogP) is 3.44. The summed E-state index contributed by atoms with van der Waals surface area (Å²) in [6.45, 7) is 0.566. The number of likely N-dealkylation sites (tertiary alicyclic amines) is 1. The summed E-state index contributed by atoms with van der Waals surface area (Å²) in [4.78, 5) is 25.2. The maximum Gasteiger partial charge on any atom is 0.308 e. The third-order valence-electron chi connectivity index (χ3n) is 4.68. The molecular formula is C20H20FNO4. The van der Waals surface area contributed by atoms with Crippen LogP contribution in [0.4, 0.5) is 4.39 Å². The fourth-order valence-corrected chi connectivity index (χ4v) is 3.19. The fraction of sp³-hybridized carbons (Fsp3) is 0.300. The molecule has 2 aromatic rings. The van der Waals surface area contributed by atoms with Gasteiger partial charge in [0.15, 0.2) is 0 Å². The molecule has 26 heavy (non-hydrogen) atoms. The summed E-state index contributed by atoms with van der Waals surface area (Å²) in [5.74, 6) is -1.87. The minimum atomic E-state index is -0.919. The standard InChI is InChI=1S/C20H20FNO4/c1-26-16-7-4-13(5-8-16)14-6-9-17(18(21)11-14)19(23)22-10-2-3-15(12-22)20(24)25/h4-9,11,15H,2-3,10,12H2,1H3,(H,24,25)/t15-/m0/s1. The summed E-state index contributed by atoms with van der Waals surface area (Å²) < 4.78 is 19.7. The van der Waals surface area contributed by atoms with E-state index in [9.17, 15) is 14.0 Å². The van der Waals surface area contributed by atoms with Crippen molar-refractivity contribution in [3.63, 3.8) is 0 Å². The summed E-state index contributed by atoms with van der Waals surface area (Å²) in [5.41, 5.74) is 1.43. The molecule has 0 aliphatic carbocycles. The minimum absolute atomic E-state index is 0.0340. The summed E-state index contributed by atoms with van der Waals surface area (Å²) >= 11 is 0. The zero-order valence-corrected chi connectivity index (χ0v) is 14.4. The first-order chi connectivity index (χ1) is 12.5. The van der Waals surface area contributed by atoms with Crippen molar-refractivity contribution in [3.8, 4) is 16.9 Å². The monoisotopic (exact) mass is 357 g/mol. The average molecular weight is 357 g/mol. The highest BCUT2D eigenvalue weighted by Gasteiger charge is 2.29. The summed E-state index contributed by atoms with van der Waals surface area (Å²) in [5, 5.41) is 9.14. The molecule has 0 bridgehead atoms. The van der Waals surface area contributed by atoms with Gasteiger partial charge in [0, 0.05) is 13.1 Å². The number of methoxy groups -OCH3 is 1. The Labute approximate surface area is 151 Å². The summed E-state index contributed by atoms with van der Waals surface area (Å²) in [6, 6.07) is 11.7. The van der Waals surface area contributed by atoms with Gasteiger partial charge in [-0.05, 0) is 48.2 Å². The van der Waals surface area contributed by atoms with Crippen LogP contribution in [0.15, 0.2) is 42.5 Å². The molecule has 5 nitrogen and oxygen atoms in total. The normalized spacial score (nSPS) is 17.0. The smallest absolute Gasteiger partial charge is 0.308 e. The van der Waals surface area contributed by atoms with Crippen LogP contribution in [0.2, 0.25) is 0 Å². The Kier molecular flexibility index (Phi) is 5.21. The van der Waals surface area contributed by atoms with Gasteiger partial charge in [0.1, 0.15) is 11.6 Å². The van der Waals surface area contributed by atoms with Crippen LogP contribution in [0.3, 0.4) is 0 Å². The zero-order chi connectivity index (χ0) is 18.7. The van der Waals surface area contributed by atoms with E-state index in [-0.39, 0.29) is 12.1 Å². The Morgan fingerprint density at radius 3 is 2.46 bits per heavy atom. The molecule has 1 aliphatic heterocycles. The van der Waals surface area contributed by atoms with E-state index in [1.54, 1.807) is 25.3 Å². The first kappa shape index (κ1) is 17.9. The number of rotatable bonds is 4. The molecule has 2 aromatic carbocycles. The third kappa shape index (κ3) is 3.69. The fourth-order valence-electron chi connectivity index (χ4n) is 3.19. The summed E-state index contributed by atoms with van der Waals surface area (Å²) in [6.07, 6.45) is 1.15. The van der Waals surface area contributed by atoms with Crippen LogP contribution in [0.1, 0.15) is 23.2 Å². The molecule has 136 valence electrons. The first-order valence-corrected chi connectivity index (χ1v) is 8.45. The van der Waals surface area contributed by atoms with E-state index in [1.807, 2.05) is 12.1 Å². The number of piperidine rings is 1. The number of carboxylic acid groups (broad SMARTS) is 1. The molecule has 6 heteroatoms. The Hall–Kier alpha value is -2.89. The van der Waals surface area contributed by atoms with E-state index in [4.69, 9.17) is 9.84 Å². The van der Waals surface area contributed by atoms with Gasteiger partial charge in [0.25, 0.3) is 5.91 Å². The topological polar surface area (TPSA) is 66.8 Å². The lowest BCUT2D eigenvalue weighted by molar-refractivity contribution is -0.143. The van der Waals surface area contributed by atoms with Gasteiger partial charge in [0.05, 0.1) is 18.6 Å². The average Bonchev–Trinajstić information content (AvgIpc) is 2.67. The number of aliphatic carboxylic acids is 1. The molecule has 1 atom stereocenters. The zero-order valence-electron chi connectivity index (χ0n) is 14.4. The molecule has 0 spiro atoms. The SMILES string of the molecule is COc1ccc(-c2ccc(C(=O)N3CCC[C@H](C(=O)O)C3)c(F)c2)cc1. The van der Waals surface area contributed by atoms with E-state index in [2.05, 4.69) is 0 Å². The number of halogens is 1. The molecule has 1 fully saturated rings. The van der Waals surface area contributed by atoms with Crippen molar-refractivity contribution in [2.45, 2.75) is 12.8 Å². The number of ether oxygens (including phenoxy) is 1. The van der Waals surface area contributed by atoms with Gasteiger partial charge in [-0.2, -0.15) is 0 Å². The highest BCUT2D eigenvalue weighted by atomic mass is 19.1. The molecule has 1 aliphatic rings. The number of carbonyl (C=O) groups is 2. The van der Waals surface area contributed by atoms with Crippen molar-refractivity contribution in [3.05, 3.63) is 53.8 Å². The van der Waals surface area contributed by atoms with Crippen LogP contribution < -0.4 is 4.74 Å². The number of nitrogens with zero attached hydrogens (tertiary/aromatic N) is 1. The molecule has 3 rings (SSSR count). The molecule has 1 N–H and O–H groups in total. The molecule has 0 unspecified atom stereocenters. The van der Waals surface area contributed by atoms with Crippen molar-refractivity contribution in [2.24, 2.45) is 5.92 Å². The quantitative estimate of drug-likeness (QED) is 0.910. The molecule has 0 aromatic heterocycles. The lowest BCUT2D eigenvalue weighted by Crippen LogP contribution is -2.42. The van der Waals surface area contributed by atoms with Crippen LogP contribution in [0.5, 0.6) is 5.75 Å². The first-order valence-electron chi connectivity index (χ1n) is 8.45. The molecular weight excluding hydrogens is 337 g/mol. The Bertz CT molecular complexity index is 819. The van der Waals surface area contributed by atoms with E-state index in [1.165, 1.54) is 17.0 Å². The van der Waals surface area contributed by atoms with Gasteiger partial charge in [-0.25, -0.2) is 4.39 Å². The summed E-state index contributed by atoms with van der Waals surface area (Å²) in [7, 11) is 1.57.